The highest BCUT2D eigenvalue weighted by Gasteiger charge is 2.21. The Morgan fingerprint density at radius 2 is 1.55 bits per heavy atom. The highest BCUT2D eigenvalue weighted by atomic mass is 16.6. The van der Waals surface area contributed by atoms with Gasteiger partial charge in [0.2, 0.25) is 0 Å². The number of ether oxygens (including phenoxy) is 1. The van der Waals surface area contributed by atoms with Crippen molar-refractivity contribution in [3.8, 4) is 11.5 Å². The van der Waals surface area contributed by atoms with Gasteiger partial charge in [-0.05, 0) is 51.8 Å². The quantitative estimate of drug-likeness (QED) is 0.274. The van der Waals surface area contributed by atoms with Crippen LogP contribution in [-0.2, 0) is 17.7 Å². The second-order valence-corrected chi connectivity index (χ2v) is 9.79. The third-order valence-electron chi connectivity index (χ3n) is 5.58. The molecule has 33 heavy (non-hydrogen) atoms. The summed E-state index contributed by atoms with van der Waals surface area (Å²) in [5.41, 5.74) is 1.42. The molecule has 0 aliphatic heterocycles. The summed E-state index contributed by atoms with van der Waals surface area (Å²) in [7, 11) is 0. The first-order valence-corrected chi connectivity index (χ1v) is 12.7. The molecule has 0 N–H and O–H groups in total. The molecule has 2 rings (SSSR count). The van der Waals surface area contributed by atoms with Gasteiger partial charge in [0.25, 0.3) is 5.89 Å². The zero-order chi connectivity index (χ0) is 24.1. The molecule has 184 valence electrons. The van der Waals surface area contributed by atoms with E-state index in [9.17, 15) is 4.79 Å². The van der Waals surface area contributed by atoms with E-state index >= 15 is 0 Å². The molecule has 2 aromatic rings. The van der Waals surface area contributed by atoms with Crippen LogP contribution in [0, 0.1) is 0 Å². The minimum atomic E-state index is -0.502. The third-order valence-corrected chi connectivity index (χ3v) is 5.58. The lowest BCUT2D eigenvalue weighted by molar-refractivity contribution is 0.0244. The molecule has 0 fully saturated rings. The fourth-order valence-electron chi connectivity index (χ4n) is 3.67. The van der Waals surface area contributed by atoms with E-state index < -0.39 is 5.60 Å². The zero-order valence-corrected chi connectivity index (χ0v) is 21.4. The molecule has 0 spiro atoms. The summed E-state index contributed by atoms with van der Waals surface area (Å²) in [6.45, 7) is 10.9. The number of amides is 1. The standard InChI is InChI=1S/C27H43N3O3/c1-6-8-9-10-11-12-13-14-15-16-24-28-25(33-29-24)23-19-17-22(18-20-23)21-30(7-2)26(31)32-27(3,4)5/h17-20H,6-16,21H2,1-5H3. The van der Waals surface area contributed by atoms with Gasteiger partial charge in [-0.15, -0.1) is 0 Å². The van der Waals surface area contributed by atoms with Crippen molar-refractivity contribution in [3.63, 3.8) is 0 Å². The van der Waals surface area contributed by atoms with Crippen LogP contribution in [0.15, 0.2) is 28.8 Å². The number of carbonyl (C=O) groups is 1. The average molecular weight is 458 g/mol. The van der Waals surface area contributed by atoms with Crippen LogP contribution >= 0.6 is 0 Å². The molecule has 0 atom stereocenters. The number of carbonyl (C=O) groups excluding carboxylic acids is 1. The lowest BCUT2D eigenvalue weighted by Crippen LogP contribution is -2.36. The molecule has 0 bridgehead atoms. The van der Waals surface area contributed by atoms with E-state index in [0.717, 1.165) is 29.8 Å². The van der Waals surface area contributed by atoms with Gasteiger partial charge in [0.1, 0.15) is 5.60 Å². The Bertz CT molecular complexity index is 809. The number of aromatic nitrogens is 2. The molecule has 1 heterocycles. The van der Waals surface area contributed by atoms with Crippen LogP contribution in [0.2, 0.25) is 0 Å². The number of aryl methyl sites for hydroxylation is 1. The van der Waals surface area contributed by atoms with Crippen LogP contribution in [0.3, 0.4) is 0 Å². The van der Waals surface area contributed by atoms with Crippen molar-refractivity contribution >= 4 is 6.09 Å². The predicted molar refractivity (Wildman–Crippen MR) is 133 cm³/mol. The first kappa shape index (κ1) is 26.9. The van der Waals surface area contributed by atoms with Crippen molar-refractivity contribution in [2.75, 3.05) is 6.54 Å². The molecule has 1 aromatic carbocycles. The lowest BCUT2D eigenvalue weighted by Gasteiger charge is -2.26. The molecule has 6 heteroatoms. The minimum absolute atomic E-state index is 0.299. The molecular formula is C27H43N3O3. The maximum atomic E-state index is 12.4. The van der Waals surface area contributed by atoms with Crippen LogP contribution < -0.4 is 0 Å². The topological polar surface area (TPSA) is 68.5 Å². The second kappa shape index (κ2) is 14.0. The van der Waals surface area contributed by atoms with E-state index in [2.05, 4.69) is 17.1 Å². The minimum Gasteiger partial charge on any atom is -0.444 e. The fourth-order valence-corrected chi connectivity index (χ4v) is 3.67. The second-order valence-electron chi connectivity index (χ2n) is 9.79. The summed E-state index contributed by atoms with van der Waals surface area (Å²) in [5.74, 6) is 1.33. The summed E-state index contributed by atoms with van der Waals surface area (Å²) in [6, 6.07) is 7.92. The van der Waals surface area contributed by atoms with Gasteiger partial charge in [-0.3, -0.25) is 0 Å². The van der Waals surface area contributed by atoms with Crippen LogP contribution in [0.25, 0.3) is 11.5 Å². The van der Waals surface area contributed by atoms with Gasteiger partial charge in [0, 0.05) is 25.1 Å². The van der Waals surface area contributed by atoms with Gasteiger partial charge in [-0.1, -0.05) is 75.6 Å². The lowest BCUT2D eigenvalue weighted by atomic mass is 10.1. The molecule has 1 amide bonds. The maximum Gasteiger partial charge on any atom is 0.410 e. The summed E-state index contributed by atoms with van der Waals surface area (Å²) in [6.07, 6.45) is 12.3. The Kier molecular flexibility index (Phi) is 11.4. The highest BCUT2D eigenvalue weighted by Crippen LogP contribution is 2.20. The fraction of sp³-hybridized carbons (Fsp3) is 0.667. The van der Waals surface area contributed by atoms with Crippen molar-refractivity contribution in [3.05, 3.63) is 35.7 Å². The van der Waals surface area contributed by atoms with Crippen molar-refractivity contribution in [2.45, 2.75) is 111 Å². The van der Waals surface area contributed by atoms with E-state index in [4.69, 9.17) is 9.26 Å². The average Bonchev–Trinajstić information content (AvgIpc) is 3.24. The van der Waals surface area contributed by atoms with E-state index in [0.29, 0.717) is 19.0 Å². The predicted octanol–water partition coefficient (Wildman–Crippen LogP) is 7.57. The van der Waals surface area contributed by atoms with Crippen molar-refractivity contribution in [1.29, 1.82) is 0 Å². The zero-order valence-electron chi connectivity index (χ0n) is 21.4. The van der Waals surface area contributed by atoms with Crippen molar-refractivity contribution in [1.82, 2.24) is 15.0 Å². The van der Waals surface area contributed by atoms with Crippen LogP contribution in [0.5, 0.6) is 0 Å². The number of benzene rings is 1. The van der Waals surface area contributed by atoms with Gasteiger partial charge in [-0.25, -0.2) is 4.79 Å². The summed E-state index contributed by atoms with van der Waals surface area (Å²) < 4.78 is 11.0. The summed E-state index contributed by atoms with van der Waals surface area (Å²) in [4.78, 5) is 18.6. The molecule has 0 aliphatic carbocycles. The first-order chi connectivity index (χ1) is 15.8. The third kappa shape index (κ3) is 10.4. The summed E-state index contributed by atoms with van der Waals surface area (Å²) >= 11 is 0. The molecule has 0 saturated heterocycles. The van der Waals surface area contributed by atoms with E-state index in [1.807, 2.05) is 52.0 Å². The van der Waals surface area contributed by atoms with Gasteiger partial charge in [0.05, 0.1) is 0 Å². The number of unbranched alkanes of at least 4 members (excludes halogenated alkanes) is 8. The Balaban J connectivity index is 1.77. The van der Waals surface area contributed by atoms with Gasteiger partial charge in [0.15, 0.2) is 5.82 Å². The molecule has 6 nitrogen and oxygen atoms in total. The van der Waals surface area contributed by atoms with Gasteiger partial charge in [-0.2, -0.15) is 4.98 Å². The number of nitrogens with zero attached hydrogens (tertiary/aromatic N) is 3. The van der Waals surface area contributed by atoms with Crippen LogP contribution in [-0.4, -0.2) is 33.3 Å². The van der Waals surface area contributed by atoms with Gasteiger partial charge < -0.3 is 14.2 Å². The number of hydrogen-bond donors (Lipinski definition) is 0. The smallest absolute Gasteiger partial charge is 0.410 e. The van der Waals surface area contributed by atoms with E-state index in [-0.39, 0.29) is 6.09 Å². The molecule has 0 unspecified atom stereocenters. The van der Waals surface area contributed by atoms with Crippen LogP contribution in [0.1, 0.15) is 104 Å². The van der Waals surface area contributed by atoms with Crippen LogP contribution in [0.4, 0.5) is 4.79 Å². The molecular weight excluding hydrogens is 414 g/mol. The maximum absolute atomic E-state index is 12.4. The normalized spacial score (nSPS) is 11.5. The van der Waals surface area contributed by atoms with E-state index in [1.165, 1.54) is 51.4 Å². The largest absolute Gasteiger partial charge is 0.444 e. The molecule has 1 aromatic heterocycles. The monoisotopic (exact) mass is 457 g/mol. The highest BCUT2D eigenvalue weighted by molar-refractivity contribution is 5.68. The Labute approximate surface area is 200 Å². The van der Waals surface area contributed by atoms with Crippen molar-refractivity contribution < 1.29 is 14.1 Å². The van der Waals surface area contributed by atoms with Gasteiger partial charge >= 0.3 is 6.09 Å². The number of hydrogen-bond acceptors (Lipinski definition) is 5. The van der Waals surface area contributed by atoms with E-state index in [1.54, 1.807) is 4.90 Å². The molecule has 0 radical (unpaired) electrons. The van der Waals surface area contributed by atoms with Crippen molar-refractivity contribution in [2.24, 2.45) is 0 Å². The Morgan fingerprint density at radius 1 is 0.939 bits per heavy atom. The first-order valence-electron chi connectivity index (χ1n) is 12.7. The molecule has 0 saturated carbocycles. The Morgan fingerprint density at radius 3 is 2.12 bits per heavy atom. The Hall–Kier alpha value is -2.37. The summed E-state index contributed by atoms with van der Waals surface area (Å²) in [5, 5.41) is 4.15. The number of rotatable bonds is 14. The molecule has 0 aliphatic rings. The SMILES string of the molecule is CCCCCCCCCCCc1noc(-c2ccc(CN(CC)C(=O)OC(C)(C)C)cc2)n1.